The van der Waals surface area contributed by atoms with Crippen LogP contribution in [-0.2, 0) is 17.8 Å². The Kier molecular flexibility index (Phi) is 7.73. The van der Waals surface area contributed by atoms with Gasteiger partial charge in [0.1, 0.15) is 17.0 Å². The number of oxime groups is 1. The largest absolute Gasteiger partial charge is 0.535 e. The van der Waals surface area contributed by atoms with Crippen LogP contribution >= 0.6 is 11.3 Å². The molecule has 0 unspecified atom stereocenters. The lowest BCUT2D eigenvalue weighted by atomic mass is 9.64. The fourth-order valence-electron chi connectivity index (χ4n) is 4.88. The number of nitrogens with zero attached hydrogens (tertiary/aromatic N) is 3. The average molecular weight is 500 g/mol. The fourth-order valence-corrected chi connectivity index (χ4v) is 5.42. The van der Waals surface area contributed by atoms with E-state index in [2.05, 4.69) is 22.0 Å². The number of likely N-dealkylation sites (tertiary alicyclic amines) is 1. The molecule has 1 aromatic heterocycles. The predicted octanol–water partition coefficient (Wildman–Crippen LogP) is 2.67. The van der Waals surface area contributed by atoms with Crippen LogP contribution in [0.4, 0.5) is 5.13 Å². The minimum Gasteiger partial charge on any atom is -0.535 e. The molecule has 1 fully saturated rings. The summed E-state index contributed by atoms with van der Waals surface area (Å²) >= 11 is 1.11. The Morgan fingerprint density at radius 3 is 2.69 bits per heavy atom. The maximum Gasteiger partial charge on any atom is 0.526 e. The number of carboxylic acids is 1. The molecule has 0 saturated carbocycles. The molecule has 5 N–H and O–H groups in total. The second-order valence-corrected chi connectivity index (χ2v) is 10.0. The molecule has 0 amide bonds. The lowest BCUT2D eigenvalue weighted by Gasteiger charge is -2.33. The van der Waals surface area contributed by atoms with Crippen molar-refractivity contribution < 1.29 is 29.6 Å². The van der Waals surface area contributed by atoms with Crippen molar-refractivity contribution in [2.24, 2.45) is 11.1 Å². The van der Waals surface area contributed by atoms with Gasteiger partial charge < -0.3 is 25.7 Å². The lowest BCUT2D eigenvalue weighted by Crippen LogP contribution is -2.37. The van der Waals surface area contributed by atoms with Gasteiger partial charge in [0.05, 0.1) is 0 Å². The van der Waals surface area contributed by atoms with Gasteiger partial charge in [0.2, 0.25) is 0 Å². The summed E-state index contributed by atoms with van der Waals surface area (Å²) in [7, 11) is -1.39. The summed E-state index contributed by atoms with van der Waals surface area (Å²) in [5.74, 6) is -1.42. The number of carboxylic acid groups (broad SMARTS) is 1. The first-order valence-electron chi connectivity index (χ1n) is 11.7. The maximum absolute atomic E-state index is 12.8. The number of carbonyl (C=O) groups excluding carboxylic acids is 1. The van der Waals surface area contributed by atoms with Crippen LogP contribution in [-0.4, -0.2) is 62.9 Å². The molecule has 0 bridgehead atoms. The summed E-state index contributed by atoms with van der Waals surface area (Å²) in [6.45, 7) is 4.53. The van der Waals surface area contributed by atoms with E-state index in [-0.39, 0.29) is 40.7 Å². The minimum absolute atomic E-state index is 0.0551. The number of nitrogens with two attached hydrogens (primary N) is 1. The van der Waals surface area contributed by atoms with Crippen LogP contribution < -0.4 is 10.4 Å². The Hall–Kier alpha value is -2.96. The van der Waals surface area contributed by atoms with Crippen molar-refractivity contribution in [2.45, 2.75) is 51.4 Å². The van der Waals surface area contributed by atoms with Gasteiger partial charge in [-0.2, -0.15) is 0 Å². The number of rotatable bonds is 8. The van der Waals surface area contributed by atoms with Crippen LogP contribution in [0, 0.1) is 5.92 Å². The molecule has 4 rings (SSSR count). The molecule has 12 heteroatoms. The van der Waals surface area contributed by atoms with Crippen LogP contribution in [0.2, 0.25) is 5.82 Å². The third-order valence-electron chi connectivity index (χ3n) is 6.92. The second kappa shape index (κ2) is 10.8. The van der Waals surface area contributed by atoms with Crippen molar-refractivity contribution >= 4 is 41.1 Å². The molecule has 10 nitrogen and oxygen atoms in total. The van der Waals surface area contributed by atoms with Gasteiger partial charge in [-0.05, 0) is 49.4 Å². The second-order valence-electron chi connectivity index (χ2n) is 9.14. The molecule has 3 heterocycles. The highest BCUT2D eigenvalue weighted by atomic mass is 32.1. The number of ketones is 1. The molecule has 0 aliphatic carbocycles. The molecular weight excluding hydrogens is 471 g/mol. The van der Waals surface area contributed by atoms with Gasteiger partial charge in [-0.3, -0.25) is 9.69 Å². The van der Waals surface area contributed by atoms with Crippen molar-refractivity contribution in [3.8, 4) is 5.75 Å². The minimum atomic E-state index is -1.39. The van der Waals surface area contributed by atoms with E-state index in [0.717, 1.165) is 49.6 Å². The van der Waals surface area contributed by atoms with Crippen LogP contribution in [0.5, 0.6) is 5.75 Å². The van der Waals surface area contributed by atoms with Gasteiger partial charge >= 0.3 is 13.1 Å². The van der Waals surface area contributed by atoms with Crippen molar-refractivity contribution in [1.29, 1.82) is 0 Å². The normalized spacial score (nSPS) is 19.3. The highest BCUT2D eigenvalue weighted by Gasteiger charge is 2.39. The Bertz CT molecular complexity index is 1130. The Balaban J connectivity index is 1.51. The molecule has 2 aromatic rings. The molecule has 2 aliphatic heterocycles. The Morgan fingerprint density at radius 2 is 2.09 bits per heavy atom. The lowest BCUT2D eigenvalue weighted by molar-refractivity contribution is -0.113. The monoisotopic (exact) mass is 500 g/mol. The van der Waals surface area contributed by atoms with E-state index < -0.39 is 24.7 Å². The van der Waals surface area contributed by atoms with Crippen molar-refractivity contribution in [1.82, 2.24) is 9.88 Å². The first-order chi connectivity index (χ1) is 16.8. The Labute approximate surface area is 207 Å². The van der Waals surface area contributed by atoms with Gasteiger partial charge in [-0.1, -0.05) is 30.6 Å². The maximum atomic E-state index is 12.8. The number of nitrogen functional groups attached to an aromatic ring is 1. The molecule has 1 aromatic carbocycles. The van der Waals surface area contributed by atoms with E-state index in [0.29, 0.717) is 17.7 Å². The van der Waals surface area contributed by atoms with Gasteiger partial charge in [-0.15, -0.1) is 11.3 Å². The topological polar surface area (TPSA) is 159 Å². The fraction of sp³-hybridized carbons (Fsp3) is 0.478. The Morgan fingerprint density at radius 1 is 1.34 bits per heavy atom. The van der Waals surface area contributed by atoms with Crippen LogP contribution in [0.1, 0.15) is 59.8 Å². The first-order valence-corrected chi connectivity index (χ1v) is 12.6. The summed E-state index contributed by atoms with van der Waals surface area (Å²) in [4.78, 5) is 31.2. The van der Waals surface area contributed by atoms with Crippen LogP contribution in [0.3, 0.4) is 0 Å². The van der Waals surface area contributed by atoms with E-state index in [1.165, 1.54) is 5.38 Å². The average Bonchev–Trinajstić information content (AvgIpc) is 3.26. The highest BCUT2D eigenvalue weighted by Crippen LogP contribution is 2.38. The quantitative estimate of drug-likeness (QED) is 0.185. The number of carbonyl (C=O) groups is 2. The molecule has 1 atom stereocenters. The molecule has 0 radical (unpaired) electrons. The van der Waals surface area contributed by atoms with Gasteiger partial charge in [0.15, 0.2) is 16.6 Å². The van der Waals surface area contributed by atoms with E-state index in [4.69, 9.17) is 10.4 Å². The van der Waals surface area contributed by atoms with Gasteiger partial charge in [0, 0.05) is 24.2 Å². The zero-order valence-corrected chi connectivity index (χ0v) is 20.3. The molecule has 0 spiro atoms. The first kappa shape index (κ1) is 25.1. The number of hydrogen-bond acceptors (Lipinski definition) is 10. The number of aromatic carboxylic acids is 1. The summed E-state index contributed by atoms with van der Waals surface area (Å²) in [6, 6.07) is 3.61. The highest BCUT2D eigenvalue weighted by molar-refractivity contribution is 7.13. The number of hydrogen-bond donors (Lipinski definition) is 4. The molecule has 35 heavy (non-hydrogen) atoms. The molecule has 1 saturated heterocycles. The predicted molar refractivity (Wildman–Crippen MR) is 132 cm³/mol. The number of piperidine rings is 1. The third kappa shape index (κ3) is 5.49. The molecular formula is C23H29BN4O6S. The number of aromatic nitrogens is 1. The van der Waals surface area contributed by atoms with E-state index in [1.807, 2.05) is 0 Å². The van der Waals surface area contributed by atoms with Crippen LogP contribution in [0.25, 0.3) is 0 Å². The molecule has 186 valence electrons. The van der Waals surface area contributed by atoms with Gasteiger partial charge in [-0.25, -0.2) is 9.78 Å². The molecule has 2 aliphatic rings. The number of benzene rings is 1. The van der Waals surface area contributed by atoms with Crippen molar-refractivity contribution in [3.63, 3.8) is 0 Å². The summed E-state index contributed by atoms with van der Waals surface area (Å²) in [5, 5.41) is 34.8. The van der Waals surface area contributed by atoms with E-state index in [1.54, 1.807) is 12.1 Å². The zero-order chi connectivity index (χ0) is 25.1. The van der Waals surface area contributed by atoms with Crippen LogP contribution in [0.15, 0.2) is 22.7 Å². The van der Waals surface area contributed by atoms with E-state index in [9.17, 15) is 24.9 Å². The SMILES string of the molecule is CCC1CCN(Cc2ccc3c(c2C(=O)O)OB(O)[C@@H](CC(=O)/C(=N\O)c2csc(N)n2)C3)CC1. The van der Waals surface area contributed by atoms with Gasteiger partial charge in [0.25, 0.3) is 0 Å². The number of thiazole rings is 1. The number of Topliss-reactive ketones (excluding diaryl/α,β-unsaturated/α-hetero) is 1. The zero-order valence-electron chi connectivity index (χ0n) is 19.5. The third-order valence-corrected chi connectivity index (χ3v) is 7.59. The summed E-state index contributed by atoms with van der Waals surface area (Å²) in [6.07, 6.45) is 3.42. The smallest absolute Gasteiger partial charge is 0.526 e. The van der Waals surface area contributed by atoms with E-state index >= 15 is 0 Å². The summed E-state index contributed by atoms with van der Waals surface area (Å²) in [5.41, 5.74) is 6.82. The summed E-state index contributed by atoms with van der Waals surface area (Å²) < 4.78 is 5.69. The van der Waals surface area contributed by atoms with Crippen molar-refractivity contribution in [3.05, 3.63) is 39.9 Å². The van der Waals surface area contributed by atoms with Crippen molar-refractivity contribution in [2.75, 3.05) is 18.8 Å². The number of fused-ring (bicyclic) bond motifs is 1. The number of anilines is 1. The standard InChI is InChI=1S/C23H29BN4O6S/c1-2-13-5-7-28(8-6-13)11-15-4-3-14-9-16(24(32)34-21(14)19(15)22(30)31)10-18(29)20(27-33)17-12-35-23(25)26-17/h3-4,12-13,16,32-33H,2,5-11H2,1H3,(H2,25,26)(H,30,31)/b27-20-/t16-/m1/s1.